The maximum atomic E-state index is 12.2. The Labute approximate surface area is 111 Å². The van der Waals surface area contributed by atoms with Crippen LogP contribution < -0.4 is 10.9 Å². The van der Waals surface area contributed by atoms with Crippen molar-refractivity contribution in [3.63, 3.8) is 0 Å². The van der Waals surface area contributed by atoms with Crippen molar-refractivity contribution in [1.82, 2.24) is 9.88 Å². The van der Waals surface area contributed by atoms with Crippen LogP contribution in [0.2, 0.25) is 0 Å². The molecule has 4 rings (SSSR count). The Morgan fingerprint density at radius 2 is 1.68 bits per heavy atom. The van der Waals surface area contributed by atoms with Crippen molar-refractivity contribution < 1.29 is 4.79 Å². The summed E-state index contributed by atoms with van der Waals surface area (Å²) in [6.45, 7) is 1.90. The van der Waals surface area contributed by atoms with Crippen LogP contribution in [0.3, 0.4) is 0 Å². The molecule has 3 aliphatic rings. The minimum Gasteiger partial charge on any atom is -0.327 e. The van der Waals surface area contributed by atoms with Crippen molar-refractivity contribution in [2.75, 3.05) is 0 Å². The van der Waals surface area contributed by atoms with Gasteiger partial charge in [-0.3, -0.25) is 14.2 Å². The average Bonchev–Trinajstić information content (AvgIpc) is 3.09. The summed E-state index contributed by atoms with van der Waals surface area (Å²) < 4.78 is 1.74. The Morgan fingerprint density at radius 1 is 1.05 bits per heavy atom. The number of hydrogen-bond donors (Lipinski definition) is 1. The molecule has 1 amide bonds. The zero-order valence-electron chi connectivity index (χ0n) is 11.2. The third-order valence-corrected chi connectivity index (χ3v) is 5.38. The predicted octanol–water partition coefficient (Wildman–Crippen LogP) is 1.91. The first-order valence-corrected chi connectivity index (χ1v) is 7.11. The Kier molecular flexibility index (Phi) is 1.95. The normalized spacial score (nSPS) is 25.4. The van der Waals surface area contributed by atoms with Gasteiger partial charge in [-0.2, -0.15) is 0 Å². The minimum absolute atomic E-state index is 0.0503. The number of nitrogens with one attached hydrogen (secondary N) is 1. The van der Waals surface area contributed by atoms with E-state index in [1.54, 1.807) is 16.7 Å². The molecular formula is C15H18N2O2. The fraction of sp³-hybridized carbons (Fsp3) is 0.600. The summed E-state index contributed by atoms with van der Waals surface area (Å²) in [7, 11) is 0. The molecule has 4 nitrogen and oxygen atoms in total. The maximum absolute atomic E-state index is 12.2. The quantitative estimate of drug-likeness (QED) is 0.772. The Hall–Kier alpha value is -1.58. The smallest absolute Gasteiger partial charge is 0.270 e. The van der Waals surface area contributed by atoms with E-state index in [9.17, 15) is 9.59 Å². The van der Waals surface area contributed by atoms with E-state index in [4.69, 9.17) is 0 Å². The summed E-state index contributed by atoms with van der Waals surface area (Å²) in [5.41, 5.74) is 1.51. The van der Waals surface area contributed by atoms with Crippen molar-refractivity contribution in [1.29, 1.82) is 0 Å². The van der Waals surface area contributed by atoms with Gasteiger partial charge >= 0.3 is 0 Å². The molecule has 0 aromatic carbocycles. The van der Waals surface area contributed by atoms with E-state index >= 15 is 0 Å². The van der Waals surface area contributed by atoms with E-state index in [-0.39, 0.29) is 11.5 Å². The highest BCUT2D eigenvalue weighted by molar-refractivity contribution is 5.96. The third kappa shape index (κ3) is 1.40. The van der Waals surface area contributed by atoms with E-state index < -0.39 is 5.66 Å². The second-order valence-electron chi connectivity index (χ2n) is 6.52. The van der Waals surface area contributed by atoms with Crippen LogP contribution in [-0.4, -0.2) is 10.5 Å². The second-order valence-corrected chi connectivity index (χ2v) is 6.52. The van der Waals surface area contributed by atoms with Crippen LogP contribution in [0.1, 0.15) is 54.6 Å². The topological polar surface area (TPSA) is 51.1 Å². The number of aryl methyl sites for hydroxylation is 1. The Bertz CT molecular complexity index is 630. The van der Waals surface area contributed by atoms with Crippen LogP contribution in [0, 0.1) is 12.3 Å². The van der Waals surface area contributed by atoms with Gasteiger partial charge in [0.1, 0.15) is 11.4 Å². The molecule has 2 aliphatic carbocycles. The summed E-state index contributed by atoms with van der Waals surface area (Å²) in [4.78, 5) is 24.4. The van der Waals surface area contributed by atoms with Gasteiger partial charge in [-0.25, -0.2) is 0 Å². The highest BCUT2D eigenvalue weighted by Gasteiger charge is 2.53. The molecule has 19 heavy (non-hydrogen) atoms. The summed E-state index contributed by atoms with van der Waals surface area (Å²) in [5, 5.41) is 3.11. The first kappa shape index (κ1) is 11.3. The van der Waals surface area contributed by atoms with E-state index in [0.29, 0.717) is 11.1 Å². The molecule has 1 aromatic heterocycles. The van der Waals surface area contributed by atoms with Gasteiger partial charge in [0.15, 0.2) is 0 Å². The number of carbonyl (C=O) groups excluding carboxylic acids is 1. The Balaban J connectivity index is 1.84. The minimum atomic E-state index is -0.441. The van der Waals surface area contributed by atoms with Crippen LogP contribution in [0.5, 0.6) is 0 Å². The first-order chi connectivity index (χ1) is 9.05. The maximum Gasteiger partial charge on any atom is 0.270 e. The highest BCUT2D eigenvalue weighted by atomic mass is 16.2. The molecule has 2 saturated carbocycles. The summed E-state index contributed by atoms with van der Waals surface area (Å²) in [6, 6.07) is 3.33. The second kappa shape index (κ2) is 3.30. The van der Waals surface area contributed by atoms with Gasteiger partial charge in [-0.05, 0) is 56.4 Å². The van der Waals surface area contributed by atoms with Crippen LogP contribution in [0.4, 0.5) is 0 Å². The lowest BCUT2D eigenvalue weighted by Crippen LogP contribution is -2.49. The lowest BCUT2D eigenvalue weighted by molar-refractivity contribution is 0.0821. The Morgan fingerprint density at radius 3 is 2.32 bits per heavy atom. The number of aromatic nitrogens is 1. The lowest BCUT2D eigenvalue weighted by Gasteiger charge is -2.38. The van der Waals surface area contributed by atoms with Gasteiger partial charge in [0.05, 0.1) is 0 Å². The highest BCUT2D eigenvalue weighted by Crippen LogP contribution is 2.59. The molecule has 1 aromatic rings. The molecule has 2 fully saturated rings. The SMILES string of the molecule is Cc1ccc(=O)n2c1C(=O)NC21CCC2(CC2)CC1. The molecule has 0 atom stereocenters. The van der Waals surface area contributed by atoms with Gasteiger partial charge in [0, 0.05) is 6.07 Å². The van der Waals surface area contributed by atoms with Crippen molar-refractivity contribution in [2.24, 2.45) is 5.41 Å². The van der Waals surface area contributed by atoms with Crippen molar-refractivity contribution in [2.45, 2.75) is 51.1 Å². The molecule has 0 unspecified atom stereocenters. The predicted molar refractivity (Wildman–Crippen MR) is 71.0 cm³/mol. The van der Waals surface area contributed by atoms with Crippen LogP contribution >= 0.6 is 0 Å². The van der Waals surface area contributed by atoms with E-state index in [2.05, 4.69) is 5.32 Å². The summed E-state index contributed by atoms with van der Waals surface area (Å²) >= 11 is 0. The summed E-state index contributed by atoms with van der Waals surface area (Å²) in [6.07, 6.45) is 6.71. The van der Waals surface area contributed by atoms with Gasteiger partial charge in [-0.15, -0.1) is 0 Å². The van der Waals surface area contributed by atoms with Gasteiger partial charge in [0.25, 0.3) is 11.5 Å². The summed E-state index contributed by atoms with van der Waals surface area (Å²) in [5.74, 6) is -0.0815. The number of rotatable bonds is 0. The zero-order chi connectivity index (χ0) is 13.3. The average molecular weight is 258 g/mol. The van der Waals surface area contributed by atoms with Crippen LogP contribution in [0.15, 0.2) is 16.9 Å². The molecule has 0 radical (unpaired) electrons. The number of pyridine rings is 1. The standard InChI is InChI=1S/C15H18N2O2/c1-10-2-3-11(18)17-12(10)13(19)16-15(17)8-6-14(4-5-14)7-9-15/h2-3H,4-9H2,1H3,(H,16,19). The van der Waals surface area contributed by atoms with Crippen molar-refractivity contribution in [3.8, 4) is 0 Å². The van der Waals surface area contributed by atoms with Crippen molar-refractivity contribution >= 4 is 5.91 Å². The molecule has 1 N–H and O–H groups in total. The van der Waals surface area contributed by atoms with Gasteiger partial charge in [-0.1, -0.05) is 6.07 Å². The molecule has 4 heteroatoms. The van der Waals surface area contributed by atoms with E-state index in [0.717, 1.165) is 31.2 Å². The number of fused-ring (bicyclic) bond motifs is 2. The molecule has 100 valence electrons. The van der Waals surface area contributed by atoms with Gasteiger partial charge in [0.2, 0.25) is 0 Å². The van der Waals surface area contributed by atoms with Gasteiger partial charge < -0.3 is 5.32 Å². The van der Waals surface area contributed by atoms with E-state index in [1.165, 1.54) is 12.8 Å². The number of hydrogen-bond acceptors (Lipinski definition) is 2. The lowest BCUT2D eigenvalue weighted by atomic mass is 9.79. The van der Waals surface area contributed by atoms with Crippen LogP contribution in [0.25, 0.3) is 0 Å². The fourth-order valence-corrected chi connectivity index (χ4v) is 3.89. The molecule has 2 heterocycles. The van der Waals surface area contributed by atoms with E-state index in [1.807, 2.05) is 6.92 Å². The largest absolute Gasteiger partial charge is 0.327 e. The molecule has 1 aliphatic heterocycles. The third-order valence-electron chi connectivity index (χ3n) is 5.38. The molecule has 2 spiro atoms. The number of amides is 1. The molecule has 0 saturated heterocycles. The number of nitrogens with zero attached hydrogens (tertiary/aromatic N) is 1. The monoisotopic (exact) mass is 258 g/mol. The first-order valence-electron chi connectivity index (χ1n) is 7.11. The van der Waals surface area contributed by atoms with Crippen molar-refractivity contribution in [3.05, 3.63) is 33.7 Å². The fourth-order valence-electron chi connectivity index (χ4n) is 3.89. The number of carbonyl (C=O) groups is 1. The zero-order valence-corrected chi connectivity index (χ0v) is 11.2. The van der Waals surface area contributed by atoms with Crippen LogP contribution in [-0.2, 0) is 5.66 Å². The molecular weight excluding hydrogens is 240 g/mol. The molecule has 0 bridgehead atoms.